The molecule has 68 valence electrons. The summed E-state index contributed by atoms with van der Waals surface area (Å²) in [5, 5.41) is 0. The van der Waals surface area contributed by atoms with Crippen molar-refractivity contribution >= 4 is 20.0 Å². The van der Waals surface area contributed by atoms with Crippen LogP contribution in [0.25, 0.3) is 0 Å². The first-order chi connectivity index (χ1) is 5.02. The van der Waals surface area contributed by atoms with E-state index in [-0.39, 0.29) is 6.15 Å². The Morgan fingerprint density at radius 3 is 2.25 bits per heavy atom. The van der Waals surface area contributed by atoms with Crippen LogP contribution in [-0.2, 0) is 20.0 Å². The van der Waals surface area contributed by atoms with Gasteiger partial charge in [0.05, 0.1) is 4.90 Å². The van der Waals surface area contributed by atoms with Crippen LogP contribution in [0.3, 0.4) is 0 Å². The molecule has 0 aliphatic carbocycles. The Morgan fingerprint density at radius 1 is 1.42 bits per heavy atom. The molecule has 0 fully saturated rings. The number of benzene rings is 1. The van der Waals surface area contributed by atoms with Crippen molar-refractivity contribution in [2.75, 3.05) is 0 Å². The van der Waals surface area contributed by atoms with Gasteiger partial charge < -0.3 is 10.7 Å². The van der Waals surface area contributed by atoms with E-state index in [0.29, 0.717) is 4.90 Å². The minimum Gasteiger partial charge on any atom is -0.344 e. The highest BCUT2D eigenvalue weighted by Crippen LogP contribution is 2.13. The zero-order valence-electron chi connectivity index (χ0n) is 6.69. The Kier molecular flexibility index (Phi) is 3.79. The third-order valence-electron chi connectivity index (χ3n) is 1.37. The molecule has 0 radical (unpaired) electrons. The largest absolute Gasteiger partial charge is 0.344 e. The first-order valence-corrected chi connectivity index (χ1v) is 5.49. The van der Waals surface area contributed by atoms with Crippen LogP contribution in [0.4, 0.5) is 0 Å². The molecule has 0 aliphatic heterocycles. The third kappa shape index (κ3) is 2.53. The zero-order chi connectivity index (χ0) is 8.48. The van der Waals surface area contributed by atoms with Crippen molar-refractivity contribution in [1.29, 1.82) is 0 Å². The summed E-state index contributed by atoms with van der Waals surface area (Å²) in [6.07, 6.45) is 0. The first kappa shape index (κ1) is 11.5. The molecule has 1 atom stereocenters. The fourth-order valence-electron chi connectivity index (χ4n) is 0.846. The summed E-state index contributed by atoms with van der Waals surface area (Å²) in [5.41, 5.74) is 0.759. The van der Waals surface area contributed by atoms with E-state index in [1.807, 2.05) is 0 Å². The second-order valence-corrected chi connectivity index (χ2v) is 4.99. The van der Waals surface area contributed by atoms with Crippen molar-refractivity contribution in [2.45, 2.75) is 11.8 Å². The van der Waals surface area contributed by atoms with Gasteiger partial charge in [0.2, 0.25) is 0 Å². The lowest BCUT2D eigenvalue weighted by molar-refractivity contribution is 0.561. The van der Waals surface area contributed by atoms with Crippen LogP contribution in [0.5, 0.6) is 0 Å². The Morgan fingerprint density at radius 2 is 1.92 bits per heavy atom. The highest BCUT2D eigenvalue weighted by molar-refractivity contribution is 8.29. The van der Waals surface area contributed by atoms with Gasteiger partial charge in [-0.05, 0) is 18.6 Å². The summed E-state index contributed by atoms with van der Waals surface area (Å²) >= 11 is 4.42. The molecule has 4 N–H and O–H groups in total. The van der Waals surface area contributed by atoms with Gasteiger partial charge in [-0.2, -0.15) is 0 Å². The summed E-state index contributed by atoms with van der Waals surface area (Å²) < 4.78 is 20.0. The molecule has 0 amide bonds. The van der Waals surface area contributed by atoms with Crippen molar-refractivity contribution in [3.8, 4) is 0 Å². The molecule has 0 spiro atoms. The maximum atomic E-state index is 11.0. The summed E-state index contributed by atoms with van der Waals surface area (Å²) in [6, 6.07) is 6.84. The standard InChI is InChI=1S/C7H8O2S2.H3N/c1-6-4-2-3-5-7(6)11(8,9)10;/h2-5H,1H3,(H,8,9,10);1H3. The number of hydrogen-bond acceptors (Lipinski definition) is 3. The van der Waals surface area contributed by atoms with Crippen LogP contribution in [0, 0.1) is 6.92 Å². The van der Waals surface area contributed by atoms with E-state index in [4.69, 9.17) is 4.55 Å². The molecule has 3 nitrogen and oxygen atoms in total. The maximum Gasteiger partial charge on any atom is 0.171 e. The third-order valence-corrected chi connectivity index (χ3v) is 2.92. The van der Waals surface area contributed by atoms with Gasteiger partial charge in [-0.3, -0.25) is 0 Å². The number of aryl methyl sites for hydroxylation is 1. The summed E-state index contributed by atoms with van der Waals surface area (Å²) in [4.78, 5) is 0.343. The molecule has 0 saturated heterocycles. The van der Waals surface area contributed by atoms with E-state index in [1.165, 1.54) is 0 Å². The molecule has 0 aromatic heterocycles. The van der Waals surface area contributed by atoms with Gasteiger partial charge in [0.25, 0.3) is 0 Å². The Balaban J connectivity index is 0.00000121. The van der Waals surface area contributed by atoms with E-state index in [1.54, 1.807) is 31.2 Å². The average molecular weight is 205 g/mol. The molecule has 1 aromatic rings. The van der Waals surface area contributed by atoms with Crippen LogP contribution in [-0.4, -0.2) is 8.76 Å². The van der Waals surface area contributed by atoms with E-state index in [9.17, 15) is 4.21 Å². The summed E-state index contributed by atoms with van der Waals surface area (Å²) in [5.74, 6) is 0. The monoisotopic (exact) mass is 205 g/mol. The minimum atomic E-state index is -3.20. The van der Waals surface area contributed by atoms with E-state index >= 15 is 0 Å². The lowest BCUT2D eigenvalue weighted by atomic mass is 10.2. The van der Waals surface area contributed by atoms with Crippen molar-refractivity contribution in [1.82, 2.24) is 6.15 Å². The smallest absolute Gasteiger partial charge is 0.171 e. The Hall–Kier alpha value is -0.490. The summed E-state index contributed by atoms with van der Waals surface area (Å²) in [6.45, 7) is 1.76. The van der Waals surface area contributed by atoms with Crippen molar-refractivity contribution in [3.63, 3.8) is 0 Å². The molecular formula is C7H11NO2S2. The predicted octanol–water partition coefficient (Wildman–Crippen LogP) is 1.74. The van der Waals surface area contributed by atoms with Gasteiger partial charge in [0, 0.05) is 11.2 Å². The lowest BCUT2D eigenvalue weighted by Crippen LogP contribution is -1.98. The summed E-state index contributed by atoms with van der Waals surface area (Å²) in [7, 11) is -3.20. The van der Waals surface area contributed by atoms with Crippen LogP contribution in [0.2, 0.25) is 0 Å². The molecule has 1 aromatic carbocycles. The topological polar surface area (TPSA) is 72.3 Å². The molecule has 0 aliphatic rings. The van der Waals surface area contributed by atoms with E-state index in [2.05, 4.69) is 11.2 Å². The average Bonchev–Trinajstić information content (AvgIpc) is 1.86. The number of hydrogen-bond donors (Lipinski definition) is 2. The van der Waals surface area contributed by atoms with Gasteiger partial charge >= 0.3 is 0 Å². The highest BCUT2D eigenvalue weighted by Gasteiger charge is 2.06. The van der Waals surface area contributed by atoms with Gasteiger partial charge in [0.15, 0.2) is 8.77 Å². The first-order valence-electron chi connectivity index (χ1n) is 3.05. The van der Waals surface area contributed by atoms with E-state index < -0.39 is 8.77 Å². The normalized spacial score (nSPS) is 14.5. The molecule has 12 heavy (non-hydrogen) atoms. The van der Waals surface area contributed by atoms with Gasteiger partial charge in [-0.25, -0.2) is 4.21 Å². The van der Waals surface area contributed by atoms with Crippen LogP contribution >= 0.6 is 0 Å². The molecule has 1 unspecified atom stereocenters. The minimum absolute atomic E-state index is 0. The van der Waals surface area contributed by atoms with Crippen LogP contribution in [0.1, 0.15) is 5.56 Å². The molecule has 5 heteroatoms. The van der Waals surface area contributed by atoms with Gasteiger partial charge in [-0.15, -0.1) is 0 Å². The quantitative estimate of drug-likeness (QED) is 0.732. The SMILES string of the molecule is Cc1ccccc1S(=O)(O)=S.N. The second kappa shape index (κ2) is 3.95. The fraction of sp³-hybridized carbons (Fsp3) is 0.143. The second-order valence-electron chi connectivity index (χ2n) is 2.24. The molecule has 0 bridgehead atoms. The maximum absolute atomic E-state index is 11.0. The fourth-order valence-corrected chi connectivity index (χ4v) is 2.13. The Labute approximate surface area is 76.9 Å². The van der Waals surface area contributed by atoms with Crippen molar-refractivity contribution in [2.24, 2.45) is 0 Å². The molecule has 0 saturated carbocycles. The zero-order valence-corrected chi connectivity index (χ0v) is 8.32. The van der Waals surface area contributed by atoms with Gasteiger partial charge in [-0.1, -0.05) is 18.2 Å². The predicted molar refractivity (Wildman–Crippen MR) is 52.6 cm³/mol. The van der Waals surface area contributed by atoms with Crippen LogP contribution < -0.4 is 6.15 Å². The molecular weight excluding hydrogens is 194 g/mol. The van der Waals surface area contributed by atoms with Crippen molar-refractivity contribution < 1.29 is 8.76 Å². The van der Waals surface area contributed by atoms with Crippen molar-refractivity contribution in [3.05, 3.63) is 29.8 Å². The highest BCUT2D eigenvalue weighted by atomic mass is 32.8. The molecule has 0 heterocycles. The Bertz CT molecular complexity index is 359. The van der Waals surface area contributed by atoms with Gasteiger partial charge in [0.1, 0.15) is 0 Å². The van der Waals surface area contributed by atoms with E-state index in [0.717, 1.165) is 5.56 Å². The van der Waals surface area contributed by atoms with Crippen LogP contribution in [0.15, 0.2) is 29.2 Å². The number of rotatable bonds is 1. The molecule has 1 rings (SSSR count). The lowest BCUT2D eigenvalue weighted by Gasteiger charge is -2.01.